The number of aliphatic hydroxyl groups is 1. The van der Waals surface area contributed by atoms with Crippen molar-refractivity contribution in [2.24, 2.45) is 10.7 Å². The van der Waals surface area contributed by atoms with E-state index < -0.39 is 17.6 Å². The van der Waals surface area contributed by atoms with Crippen LogP contribution in [0.1, 0.15) is 30.1 Å². The van der Waals surface area contributed by atoms with Gasteiger partial charge in [0.1, 0.15) is 5.75 Å². The standard InChI is InChI=1S/C22H23BrN2O4/c1-2-12-22(21(24)27)19(15-4-8-17(23)9-5-15)29-20(25-22)16-6-10-18(11-7-16)28-14-3-13-26/h2,4-11,19,26H,1,3,12-14H2,(H2,24,27)/t19-,22-/m1/s1. The molecule has 0 aliphatic carbocycles. The van der Waals surface area contributed by atoms with Crippen molar-refractivity contribution in [2.75, 3.05) is 13.2 Å². The fourth-order valence-corrected chi connectivity index (χ4v) is 3.46. The molecule has 2 aromatic rings. The number of ether oxygens (including phenoxy) is 2. The highest BCUT2D eigenvalue weighted by atomic mass is 79.9. The van der Waals surface area contributed by atoms with Gasteiger partial charge in [0, 0.05) is 29.5 Å². The zero-order valence-electron chi connectivity index (χ0n) is 15.9. The van der Waals surface area contributed by atoms with Crippen LogP contribution in [-0.2, 0) is 9.53 Å². The van der Waals surface area contributed by atoms with Gasteiger partial charge in [0.15, 0.2) is 11.6 Å². The molecule has 1 heterocycles. The molecule has 1 amide bonds. The van der Waals surface area contributed by atoms with E-state index in [4.69, 9.17) is 20.3 Å². The topological polar surface area (TPSA) is 94.1 Å². The molecule has 3 N–H and O–H groups in total. The largest absolute Gasteiger partial charge is 0.494 e. The minimum absolute atomic E-state index is 0.0820. The highest BCUT2D eigenvalue weighted by Crippen LogP contribution is 2.42. The maximum absolute atomic E-state index is 12.5. The summed E-state index contributed by atoms with van der Waals surface area (Å²) in [4.78, 5) is 17.1. The molecule has 152 valence electrons. The van der Waals surface area contributed by atoms with Crippen molar-refractivity contribution >= 4 is 27.7 Å². The zero-order valence-corrected chi connectivity index (χ0v) is 17.5. The normalized spacial score (nSPS) is 20.6. The molecule has 1 aliphatic rings. The van der Waals surface area contributed by atoms with Crippen LogP contribution in [0.3, 0.4) is 0 Å². The number of aliphatic imine (C=N–C) groups is 1. The quantitative estimate of drug-likeness (QED) is 0.443. The zero-order chi connectivity index (χ0) is 20.9. The molecule has 2 aromatic carbocycles. The Labute approximate surface area is 178 Å². The highest BCUT2D eigenvalue weighted by Gasteiger charge is 2.51. The summed E-state index contributed by atoms with van der Waals surface area (Å²) in [5.41, 5.74) is 6.04. The fraction of sp³-hybridized carbons (Fsp3) is 0.273. The Hall–Kier alpha value is -2.64. The van der Waals surface area contributed by atoms with Gasteiger partial charge in [0.2, 0.25) is 11.8 Å². The summed E-state index contributed by atoms with van der Waals surface area (Å²) in [6.07, 6.45) is 1.80. The molecule has 0 radical (unpaired) electrons. The maximum atomic E-state index is 12.5. The van der Waals surface area contributed by atoms with Gasteiger partial charge in [-0.25, -0.2) is 4.99 Å². The van der Waals surface area contributed by atoms with Crippen molar-refractivity contribution in [3.05, 3.63) is 76.8 Å². The summed E-state index contributed by atoms with van der Waals surface area (Å²) in [7, 11) is 0. The van der Waals surface area contributed by atoms with Crippen molar-refractivity contribution in [2.45, 2.75) is 24.5 Å². The highest BCUT2D eigenvalue weighted by molar-refractivity contribution is 9.10. The van der Waals surface area contributed by atoms with Crippen molar-refractivity contribution in [1.82, 2.24) is 0 Å². The number of benzene rings is 2. The van der Waals surface area contributed by atoms with Gasteiger partial charge < -0.3 is 20.3 Å². The molecule has 0 aromatic heterocycles. The molecule has 1 aliphatic heterocycles. The monoisotopic (exact) mass is 458 g/mol. The molecule has 0 spiro atoms. The van der Waals surface area contributed by atoms with Crippen LogP contribution in [0.4, 0.5) is 0 Å². The number of nitrogens with zero attached hydrogens (tertiary/aromatic N) is 1. The Kier molecular flexibility index (Phi) is 6.71. The lowest BCUT2D eigenvalue weighted by Crippen LogP contribution is -2.45. The molecule has 7 heteroatoms. The number of hydrogen-bond acceptors (Lipinski definition) is 5. The van der Waals surface area contributed by atoms with E-state index in [9.17, 15) is 4.79 Å². The molecule has 29 heavy (non-hydrogen) atoms. The minimum Gasteiger partial charge on any atom is -0.494 e. The van der Waals surface area contributed by atoms with Gasteiger partial charge in [-0.05, 0) is 42.0 Å². The number of nitrogens with two attached hydrogens (primary N) is 1. The van der Waals surface area contributed by atoms with Gasteiger partial charge >= 0.3 is 0 Å². The molecule has 0 bridgehead atoms. The van der Waals surface area contributed by atoms with E-state index in [-0.39, 0.29) is 13.0 Å². The summed E-state index contributed by atoms with van der Waals surface area (Å²) < 4.78 is 12.6. The molecule has 6 nitrogen and oxygen atoms in total. The predicted octanol–water partition coefficient (Wildman–Crippen LogP) is 3.53. The second kappa shape index (κ2) is 9.24. The lowest BCUT2D eigenvalue weighted by Gasteiger charge is -2.27. The fourth-order valence-electron chi connectivity index (χ4n) is 3.20. The SMILES string of the molecule is C=CC[C@@]1(C(N)=O)N=C(c2ccc(OCCCO)cc2)O[C@@H]1c1ccc(Br)cc1. The van der Waals surface area contributed by atoms with E-state index in [1.165, 1.54) is 0 Å². The number of halogens is 1. The van der Waals surface area contributed by atoms with E-state index in [0.717, 1.165) is 10.0 Å². The number of carbonyl (C=O) groups is 1. The summed E-state index contributed by atoms with van der Waals surface area (Å²) in [5.74, 6) is 0.460. The molecule has 0 saturated heterocycles. The Morgan fingerprint density at radius 1 is 1.28 bits per heavy atom. The summed E-state index contributed by atoms with van der Waals surface area (Å²) in [5, 5.41) is 8.84. The first kappa shape index (κ1) is 21.1. The lowest BCUT2D eigenvalue weighted by atomic mass is 9.85. The number of hydrogen-bond donors (Lipinski definition) is 2. The summed E-state index contributed by atoms with van der Waals surface area (Å²) in [6, 6.07) is 14.8. The van der Waals surface area contributed by atoms with E-state index in [1.54, 1.807) is 18.2 Å². The van der Waals surface area contributed by atoms with E-state index in [2.05, 4.69) is 27.5 Å². The number of primary amides is 1. The van der Waals surface area contributed by atoms with Crippen molar-refractivity contribution < 1.29 is 19.4 Å². The molecular weight excluding hydrogens is 436 g/mol. The molecule has 0 fully saturated rings. The number of amides is 1. The molecular formula is C22H23BrN2O4. The first-order valence-electron chi connectivity index (χ1n) is 9.27. The van der Waals surface area contributed by atoms with Crippen molar-refractivity contribution in [3.8, 4) is 5.75 Å². The predicted molar refractivity (Wildman–Crippen MR) is 115 cm³/mol. The number of rotatable bonds is 9. The number of aliphatic hydroxyl groups excluding tert-OH is 1. The first-order chi connectivity index (χ1) is 14.0. The summed E-state index contributed by atoms with van der Waals surface area (Å²) >= 11 is 3.42. The molecule has 2 atom stereocenters. The van der Waals surface area contributed by atoms with Crippen LogP contribution in [0.25, 0.3) is 0 Å². The third-order valence-electron chi connectivity index (χ3n) is 4.69. The molecule has 0 unspecified atom stereocenters. The van der Waals surface area contributed by atoms with Crippen LogP contribution in [0.5, 0.6) is 5.75 Å². The Morgan fingerprint density at radius 3 is 2.55 bits per heavy atom. The minimum atomic E-state index is -1.26. The van der Waals surface area contributed by atoms with Gasteiger partial charge in [0.25, 0.3) is 0 Å². The van der Waals surface area contributed by atoms with Gasteiger partial charge in [0.05, 0.1) is 6.61 Å². The van der Waals surface area contributed by atoms with E-state index in [0.29, 0.717) is 30.2 Å². The van der Waals surface area contributed by atoms with E-state index in [1.807, 2.05) is 36.4 Å². The van der Waals surface area contributed by atoms with Crippen LogP contribution in [0.2, 0.25) is 0 Å². The van der Waals surface area contributed by atoms with Crippen LogP contribution in [0, 0.1) is 0 Å². The Morgan fingerprint density at radius 2 is 1.97 bits per heavy atom. The Bertz CT molecular complexity index is 896. The lowest BCUT2D eigenvalue weighted by molar-refractivity contribution is -0.125. The van der Waals surface area contributed by atoms with Gasteiger partial charge in [-0.1, -0.05) is 34.1 Å². The number of carbonyl (C=O) groups excluding carboxylic acids is 1. The maximum Gasteiger partial charge on any atom is 0.250 e. The molecule has 0 saturated carbocycles. The van der Waals surface area contributed by atoms with Crippen molar-refractivity contribution in [3.63, 3.8) is 0 Å². The molecule has 3 rings (SSSR count). The Balaban J connectivity index is 1.92. The van der Waals surface area contributed by atoms with Crippen LogP contribution in [0.15, 0.2) is 70.7 Å². The smallest absolute Gasteiger partial charge is 0.250 e. The second-order valence-corrected chi connectivity index (χ2v) is 7.61. The average Bonchev–Trinajstić information content (AvgIpc) is 3.10. The van der Waals surface area contributed by atoms with Crippen LogP contribution < -0.4 is 10.5 Å². The van der Waals surface area contributed by atoms with Crippen LogP contribution >= 0.6 is 15.9 Å². The van der Waals surface area contributed by atoms with Crippen molar-refractivity contribution in [1.29, 1.82) is 0 Å². The van der Waals surface area contributed by atoms with Gasteiger partial charge in [-0.2, -0.15) is 0 Å². The first-order valence-corrected chi connectivity index (χ1v) is 10.1. The van der Waals surface area contributed by atoms with Crippen LogP contribution in [-0.4, -0.2) is 35.7 Å². The van der Waals surface area contributed by atoms with E-state index >= 15 is 0 Å². The average molecular weight is 459 g/mol. The third-order valence-corrected chi connectivity index (χ3v) is 5.22. The second-order valence-electron chi connectivity index (χ2n) is 6.70. The summed E-state index contributed by atoms with van der Waals surface area (Å²) in [6.45, 7) is 4.28. The van der Waals surface area contributed by atoms with Gasteiger partial charge in [-0.15, -0.1) is 6.58 Å². The van der Waals surface area contributed by atoms with Gasteiger partial charge in [-0.3, -0.25) is 4.79 Å². The third kappa shape index (κ3) is 4.52.